The summed E-state index contributed by atoms with van der Waals surface area (Å²) in [7, 11) is 1.97. The Balaban J connectivity index is 1.86. The number of aliphatic hydroxyl groups excluding tert-OH is 1. The van der Waals surface area contributed by atoms with E-state index in [1.807, 2.05) is 37.4 Å². The average Bonchev–Trinajstić information content (AvgIpc) is 2.45. The Hall–Kier alpha value is -1.23. The van der Waals surface area contributed by atoms with E-state index in [-0.39, 0.29) is 5.82 Å². The molecule has 0 aliphatic heterocycles. The molecular weight excluding hydrogens is 333 g/mol. The zero-order valence-corrected chi connectivity index (χ0v) is 13.6. The van der Waals surface area contributed by atoms with Crippen LogP contribution in [-0.4, -0.2) is 23.6 Å². The highest BCUT2D eigenvalue weighted by molar-refractivity contribution is 9.10. The van der Waals surface area contributed by atoms with Gasteiger partial charge >= 0.3 is 0 Å². The molecule has 1 N–H and O–H groups in total. The summed E-state index contributed by atoms with van der Waals surface area (Å²) in [5, 5.41) is 10.2. The molecule has 0 amide bonds. The molecule has 112 valence electrons. The van der Waals surface area contributed by atoms with Crippen LogP contribution in [0, 0.1) is 5.82 Å². The molecule has 0 saturated carbocycles. The third-order valence-corrected chi connectivity index (χ3v) is 4.11. The molecule has 0 saturated heterocycles. The standard InChI is InChI=1S/C17H19BrFNO/c1-20(12-13-5-4-6-14(19)11-13)10-9-17(21)15-7-2-3-8-16(15)18/h2-8,11,17,21H,9-10,12H2,1H3. The Labute approximate surface area is 133 Å². The van der Waals surface area contributed by atoms with Gasteiger partial charge in [0.15, 0.2) is 0 Å². The van der Waals surface area contributed by atoms with Gasteiger partial charge in [0.1, 0.15) is 5.82 Å². The van der Waals surface area contributed by atoms with Crippen LogP contribution >= 0.6 is 15.9 Å². The first-order chi connectivity index (χ1) is 10.1. The molecule has 0 aromatic heterocycles. The number of nitrogens with zero attached hydrogens (tertiary/aromatic N) is 1. The van der Waals surface area contributed by atoms with E-state index in [9.17, 15) is 9.50 Å². The van der Waals surface area contributed by atoms with E-state index in [1.165, 1.54) is 6.07 Å². The van der Waals surface area contributed by atoms with Crippen LogP contribution in [0.15, 0.2) is 53.0 Å². The van der Waals surface area contributed by atoms with Crippen LogP contribution in [0.2, 0.25) is 0 Å². The number of aliphatic hydroxyl groups is 1. The van der Waals surface area contributed by atoms with Crippen molar-refractivity contribution in [1.29, 1.82) is 0 Å². The van der Waals surface area contributed by atoms with Crippen LogP contribution in [0.1, 0.15) is 23.7 Å². The van der Waals surface area contributed by atoms with Gasteiger partial charge in [-0.15, -0.1) is 0 Å². The van der Waals surface area contributed by atoms with Crippen molar-refractivity contribution in [3.05, 3.63) is 69.9 Å². The van der Waals surface area contributed by atoms with Gasteiger partial charge in [0.2, 0.25) is 0 Å². The van der Waals surface area contributed by atoms with Crippen molar-refractivity contribution in [2.24, 2.45) is 0 Å². The second-order valence-corrected chi connectivity index (χ2v) is 6.05. The van der Waals surface area contributed by atoms with Gasteiger partial charge in [0, 0.05) is 17.6 Å². The normalized spacial score (nSPS) is 12.6. The molecule has 0 heterocycles. The fourth-order valence-corrected chi connectivity index (χ4v) is 2.82. The lowest BCUT2D eigenvalue weighted by atomic mass is 10.1. The smallest absolute Gasteiger partial charge is 0.123 e. The van der Waals surface area contributed by atoms with Crippen molar-refractivity contribution in [3.8, 4) is 0 Å². The molecule has 0 bridgehead atoms. The highest BCUT2D eigenvalue weighted by atomic mass is 79.9. The fraction of sp³-hybridized carbons (Fsp3) is 0.294. The summed E-state index contributed by atoms with van der Waals surface area (Å²) in [6.07, 6.45) is 0.129. The van der Waals surface area contributed by atoms with Gasteiger partial charge in [-0.25, -0.2) is 4.39 Å². The first-order valence-electron chi connectivity index (χ1n) is 6.92. The van der Waals surface area contributed by atoms with Crippen LogP contribution in [0.5, 0.6) is 0 Å². The molecule has 2 aromatic carbocycles. The van der Waals surface area contributed by atoms with E-state index in [0.29, 0.717) is 13.0 Å². The van der Waals surface area contributed by atoms with Crippen molar-refractivity contribution in [3.63, 3.8) is 0 Å². The second kappa shape index (κ2) is 7.69. The summed E-state index contributed by atoms with van der Waals surface area (Å²) in [5.74, 6) is -0.214. The maximum atomic E-state index is 13.1. The van der Waals surface area contributed by atoms with Gasteiger partial charge in [-0.2, -0.15) is 0 Å². The van der Waals surface area contributed by atoms with E-state index in [0.717, 1.165) is 22.1 Å². The maximum absolute atomic E-state index is 13.1. The van der Waals surface area contributed by atoms with E-state index in [1.54, 1.807) is 12.1 Å². The lowest BCUT2D eigenvalue weighted by molar-refractivity contribution is 0.147. The zero-order chi connectivity index (χ0) is 15.2. The van der Waals surface area contributed by atoms with Crippen LogP contribution in [0.4, 0.5) is 4.39 Å². The molecule has 2 rings (SSSR count). The molecule has 4 heteroatoms. The second-order valence-electron chi connectivity index (χ2n) is 5.19. The molecule has 0 radical (unpaired) electrons. The lowest BCUT2D eigenvalue weighted by Crippen LogP contribution is -2.21. The summed E-state index contributed by atoms with van der Waals surface area (Å²) in [6, 6.07) is 14.3. The number of rotatable bonds is 6. The van der Waals surface area contributed by atoms with E-state index < -0.39 is 6.10 Å². The number of benzene rings is 2. The van der Waals surface area contributed by atoms with Gasteiger partial charge in [0.25, 0.3) is 0 Å². The third kappa shape index (κ3) is 4.92. The largest absolute Gasteiger partial charge is 0.388 e. The van der Waals surface area contributed by atoms with Crippen molar-refractivity contribution in [1.82, 2.24) is 4.90 Å². The summed E-state index contributed by atoms with van der Waals surface area (Å²) < 4.78 is 14.1. The Morgan fingerprint density at radius 2 is 1.95 bits per heavy atom. The minimum absolute atomic E-state index is 0.214. The van der Waals surface area contributed by atoms with Crippen molar-refractivity contribution in [2.45, 2.75) is 19.1 Å². The van der Waals surface area contributed by atoms with Crippen LogP contribution in [0.3, 0.4) is 0 Å². The fourth-order valence-electron chi connectivity index (χ4n) is 2.27. The molecule has 1 unspecified atom stereocenters. The number of hydrogen-bond donors (Lipinski definition) is 1. The highest BCUT2D eigenvalue weighted by Gasteiger charge is 2.12. The van der Waals surface area contributed by atoms with Gasteiger partial charge in [-0.1, -0.05) is 46.3 Å². The Kier molecular flexibility index (Phi) is 5.91. The summed E-state index contributed by atoms with van der Waals surface area (Å²) in [5.41, 5.74) is 1.84. The molecule has 0 spiro atoms. The van der Waals surface area contributed by atoms with Crippen LogP contribution < -0.4 is 0 Å². The number of hydrogen-bond acceptors (Lipinski definition) is 2. The Morgan fingerprint density at radius 1 is 1.19 bits per heavy atom. The molecule has 21 heavy (non-hydrogen) atoms. The topological polar surface area (TPSA) is 23.5 Å². The van der Waals surface area contributed by atoms with Gasteiger partial charge < -0.3 is 10.0 Å². The monoisotopic (exact) mass is 351 g/mol. The predicted octanol–water partition coefficient (Wildman–Crippen LogP) is 4.14. The van der Waals surface area contributed by atoms with Crippen molar-refractivity contribution in [2.75, 3.05) is 13.6 Å². The summed E-state index contributed by atoms with van der Waals surface area (Å²) in [4.78, 5) is 2.08. The van der Waals surface area contributed by atoms with Crippen LogP contribution in [-0.2, 0) is 6.54 Å². The zero-order valence-electron chi connectivity index (χ0n) is 12.0. The van der Waals surface area contributed by atoms with Crippen molar-refractivity contribution >= 4 is 15.9 Å². The Morgan fingerprint density at radius 3 is 2.67 bits per heavy atom. The highest BCUT2D eigenvalue weighted by Crippen LogP contribution is 2.25. The minimum atomic E-state index is -0.504. The van der Waals surface area contributed by atoms with E-state index in [2.05, 4.69) is 20.8 Å². The average molecular weight is 352 g/mol. The molecule has 0 aliphatic rings. The molecule has 0 aliphatic carbocycles. The van der Waals surface area contributed by atoms with E-state index >= 15 is 0 Å². The Bertz CT molecular complexity index is 591. The van der Waals surface area contributed by atoms with Crippen molar-refractivity contribution < 1.29 is 9.50 Å². The molecular formula is C17H19BrFNO. The predicted molar refractivity (Wildman–Crippen MR) is 86.5 cm³/mol. The van der Waals surface area contributed by atoms with Gasteiger partial charge in [0.05, 0.1) is 6.10 Å². The van der Waals surface area contributed by atoms with Crippen LogP contribution in [0.25, 0.3) is 0 Å². The summed E-state index contributed by atoms with van der Waals surface area (Å²) >= 11 is 3.45. The lowest BCUT2D eigenvalue weighted by Gasteiger charge is -2.19. The quantitative estimate of drug-likeness (QED) is 0.845. The molecule has 1 atom stereocenters. The molecule has 0 fully saturated rings. The maximum Gasteiger partial charge on any atom is 0.123 e. The van der Waals surface area contributed by atoms with Gasteiger partial charge in [-0.3, -0.25) is 0 Å². The first-order valence-corrected chi connectivity index (χ1v) is 7.71. The van der Waals surface area contributed by atoms with Gasteiger partial charge in [-0.05, 0) is 42.8 Å². The number of halogens is 2. The molecule has 2 aromatic rings. The minimum Gasteiger partial charge on any atom is -0.388 e. The molecule has 2 nitrogen and oxygen atoms in total. The SMILES string of the molecule is CN(CCC(O)c1ccccc1Br)Cc1cccc(F)c1. The summed E-state index contributed by atoms with van der Waals surface area (Å²) in [6.45, 7) is 1.40. The first kappa shape index (κ1) is 16.1. The van der Waals surface area contributed by atoms with E-state index in [4.69, 9.17) is 0 Å². The third-order valence-electron chi connectivity index (χ3n) is 3.39.